The Balaban J connectivity index is 2.21. The quantitative estimate of drug-likeness (QED) is 0.570. The lowest BCUT2D eigenvalue weighted by molar-refractivity contribution is 0.102. The molecule has 0 radical (unpaired) electrons. The summed E-state index contributed by atoms with van der Waals surface area (Å²) < 4.78 is 0.950. The maximum absolute atomic E-state index is 11.8. The number of hydrogen-bond acceptors (Lipinski definition) is 4. The van der Waals surface area contributed by atoms with Crippen LogP contribution in [0.4, 0.5) is 5.82 Å². The van der Waals surface area contributed by atoms with Crippen molar-refractivity contribution in [3.63, 3.8) is 0 Å². The maximum atomic E-state index is 11.8. The Labute approximate surface area is 117 Å². The first kappa shape index (κ1) is 12.6. The van der Waals surface area contributed by atoms with Crippen LogP contribution in [0.1, 0.15) is 10.4 Å². The number of hydrogen-bond donors (Lipinski definition) is 3. The van der Waals surface area contributed by atoms with Crippen molar-refractivity contribution in [3.8, 4) is 11.5 Å². The first-order valence-electron chi connectivity index (χ1n) is 5.01. The van der Waals surface area contributed by atoms with E-state index < -0.39 is 5.91 Å². The SMILES string of the molecule is O=C(Nc1ccc(I)cn1)c1cc(O)ccc1O. The minimum Gasteiger partial charge on any atom is -0.508 e. The molecule has 2 aromatic rings. The molecule has 0 aliphatic carbocycles. The van der Waals surface area contributed by atoms with Crippen molar-refractivity contribution in [1.29, 1.82) is 0 Å². The van der Waals surface area contributed by atoms with Crippen molar-refractivity contribution >= 4 is 34.3 Å². The number of anilines is 1. The first-order chi connectivity index (χ1) is 8.56. The fraction of sp³-hybridized carbons (Fsp3) is 0. The van der Waals surface area contributed by atoms with Gasteiger partial charge in [0.25, 0.3) is 5.91 Å². The molecular weight excluding hydrogens is 347 g/mol. The summed E-state index contributed by atoms with van der Waals surface area (Å²) in [5.74, 6) is -0.440. The Kier molecular flexibility index (Phi) is 3.66. The van der Waals surface area contributed by atoms with E-state index in [0.29, 0.717) is 5.82 Å². The van der Waals surface area contributed by atoms with Gasteiger partial charge in [-0.25, -0.2) is 4.98 Å². The number of aromatic hydroxyl groups is 2. The van der Waals surface area contributed by atoms with E-state index in [1.807, 2.05) is 0 Å². The smallest absolute Gasteiger partial charge is 0.260 e. The molecule has 0 saturated heterocycles. The molecule has 92 valence electrons. The number of halogens is 1. The topological polar surface area (TPSA) is 82.5 Å². The molecule has 0 saturated carbocycles. The lowest BCUT2D eigenvalue weighted by Gasteiger charge is -2.06. The summed E-state index contributed by atoms with van der Waals surface area (Å²) in [5, 5.41) is 21.3. The number of rotatable bonds is 2. The summed E-state index contributed by atoms with van der Waals surface area (Å²) in [6.45, 7) is 0. The van der Waals surface area contributed by atoms with Crippen LogP contribution in [0.25, 0.3) is 0 Å². The van der Waals surface area contributed by atoms with Gasteiger partial charge in [-0.1, -0.05) is 0 Å². The summed E-state index contributed by atoms with van der Waals surface area (Å²) in [5.41, 5.74) is -0.00431. The van der Waals surface area contributed by atoms with Gasteiger partial charge in [0.1, 0.15) is 17.3 Å². The Morgan fingerprint density at radius 3 is 2.67 bits per heavy atom. The van der Waals surface area contributed by atoms with Gasteiger partial charge < -0.3 is 15.5 Å². The molecular formula is C12H9IN2O3. The standard InChI is InChI=1S/C12H9IN2O3/c13-7-1-4-11(14-6-7)15-12(18)9-5-8(16)2-3-10(9)17/h1-6,16-17H,(H,14,15,18). The van der Waals surface area contributed by atoms with Crippen LogP contribution in [-0.4, -0.2) is 21.1 Å². The van der Waals surface area contributed by atoms with Crippen LogP contribution in [0.2, 0.25) is 0 Å². The van der Waals surface area contributed by atoms with Gasteiger partial charge in [0, 0.05) is 9.77 Å². The van der Waals surface area contributed by atoms with E-state index in [0.717, 1.165) is 3.57 Å². The summed E-state index contributed by atoms with van der Waals surface area (Å²) in [6, 6.07) is 7.20. The van der Waals surface area contributed by atoms with E-state index in [-0.39, 0.29) is 17.1 Å². The summed E-state index contributed by atoms with van der Waals surface area (Å²) in [7, 11) is 0. The van der Waals surface area contributed by atoms with E-state index in [1.54, 1.807) is 18.3 Å². The monoisotopic (exact) mass is 356 g/mol. The molecule has 1 heterocycles. The largest absolute Gasteiger partial charge is 0.508 e. The number of nitrogens with one attached hydrogen (secondary N) is 1. The van der Waals surface area contributed by atoms with Gasteiger partial charge in [-0.15, -0.1) is 0 Å². The van der Waals surface area contributed by atoms with Crippen LogP contribution in [0, 0.1) is 3.57 Å². The van der Waals surface area contributed by atoms with E-state index in [1.165, 1.54) is 18.2 Å². The third-order valence-corrected chi connectivity index (χ3v) is 2.83. The van der Waals surface area contributed by atoms with Gasteiger partial charge in [-0.05, 0) is 52.9 Å². The molecule has 0 bridgehead atoms. The fourth-order valence-electron chi connectivity index (χ4n) is 1.34. The number of carbonyl (C=O) groups excluding carboxylic acids is 1. The second-order valence-electron chi connectivity index (χ2n) is 3.52. The number of aromatic nitrogens is 1. The normalized spacial score (nSPS) is 10.1. The van der Waals surface area contributed by atoms with Gasteiger partial charge in [-0.2, -0.15) is 0 Å². The minimum absolute atomic E-state index is 0.00431. The number of phenols is 2. The number of nitrogens with zero attached hydrogens (tertiary/aromatic N) is 1. The van der Waals surface area contributed by atoms with Crippen molar-refractivity contribution in [1.82, 2.24) is 4.98 Å². The lowest BCUT2D eigenvalue weighted by atomic mass is 10.2. The number of carbonyl (C=O) groups is 1. The second kappa shape index (κ2) is 5.21. The molecule has 1 aromatic carbocycles. The zero-order valence-corrected chi connectivity index (χ0v) is 11.2. The van der Waals surface area contributed by atoms with Gasteiger partial charge in [-0.3, -0.25) is 4.79 Å². The lowest BCUT2D eigenvalue weighted by Crippen LogP contribution is -2.13. The fourth-order valence-corrected chi connectivity index (χ4v) is 1.66. The van der Waals surface area contributed by atoms with Gasteiger partial charge >= 0.3 is 0 Å². The van der Waals surface area contributed by atoms with Crippen molar-refractivity contribution in [3.05, 3.63) is 45.7 Å². The first-order valence-corrected chi connectivity index (χ1v) is 6.09. The molecule has 0 spiro atoms. The van der Waals surface area contributed by atoms with Crippen LogP contribution in [0.3, 0.4) is 0 Å². The Bertz CT molecular complexity index is 584. The third-order valence-electron chi connectivity index (χ3n) is 2.19. The van der Waals surface area contributed by atoms with Gasteiger partial charge in [0.05, 0.1) is 5.56 Å². The van der Waals surface area contributed by atoms with Gasteiger partial charge in [0.2, 0.25) is 0 Å². The molecule has 1 amide bonds. The highest BCUT2D eigenvalue weighted by atomic mass is 127. The van der Waals surface area contributed by atoms with Crippen molar-refractivity contribution in [2.75, 3.05) is 5.32 Å². The summed E-state index contributed by atoms with van der Waals surface area (Å²) in [4.78, 5) is 15.9. The molecule has 0 aliphatic heterocycles. The van der Waals surface area contributed by atoms with Crippen molar-refractivity contribution < 1.29 is 15.0 Å². The van der Waals surface area contributed by atoms with Crippen LogP contribution in [0.15, 0.2) is 36.5 Å². The second-order valence-corrected chi connectivity index (χ2v) is 4.76. The minimum atomic E-state index is -0.530. The number of phenolic OH excluding ortho intramolecular Hbond substituents is 2. The summed E-state index contributed by atoms with van der Waals surface area (Å²) >= 11 is 2.10. The highest BCUT2D eigenvalue weighted by Gasteiger charge is 2.12. The molecule has 0 atom stereocenters. The molecule has 5 nitrogen and oxygen atoms in total. The van der Waals surface area contributed by atoms with Crippen molar-refractivity contribution in [2.45, 2.75) is 0 Å². The molecule has 18 heavy (non-hydrogen) atoms. The van der Waals surface area contributed by atoms with Gasteiger partial charge in [0.15, 0.2) is 0 Å². The average molecular weight is 356 g/mol. The highest BCUT2D eigenvalue weighted by molar-refractivity contribution is 14.1. The zero-order valence-electron chi connectivity index (χ0n) is 9.09. The number of pyridine rings is 1. The Morgan fingerprint density at radius 2 is 2.00 bits per heavy atom. The van der Waals surface area contributed by atoms with E-state index >= 15 is 0 Å². The Morgan fingerprint density at radius 1 is 1.22 bits per heavy atom. The predicted molar refractivity (Wildman–Crippen MR) is 74.7 cm³/mol. The van der Waals surface area contributed by atoms with E-state index in [4.69, 9.17) is 0 Å². The third kappa shape index (κ3) is 2.89. The molecule has 0 aliphatic rings. The Hall–Kier alpha value is -1.83. The van der Waals surface area contributed by atoms with Crippen LogP contribution < -0.4 is 5.32 Å². The molecule has 2 rings (SSSR count). The molecule has 1 aromatic heterocycles. The predicted octanol–water partition coefficient (Wildman–Crippen LogP) is 2.35. The highest BCUT2D eigenvalue weighted by Crippen LogP contribution is 2.22. The summed E-state index contributed by atoms with van der Waals surface area (Å²) in [6.07, 6.45) is 1.61. The molecule has 0 unspecified atom stereocenters. The number of amides is 1. The zero-order chi connectivity index (χ0) is 13.1. The van der Waals surface area contributed by atoms with Crippen molar-refractivity contribution in [2.24, 2.45) is 0 Å². The maximum Gasteiger partial charge on any atom is 0.260 e. The average Bonchev–Trinajstić information content (AvgIpc) is 2.35. The molecule has 0 fully saturated rings. The van der Waals surface area contributed by atoms with Crippen LogP contribution in [-0.2, 0) is 0 Å². The van der Waals surface area contributed by atoms with Crippen LogP contribution in [0.5, 0.6) is 11.5 Å². The molecule has 6 heteroatoms. The molecule has 3 N–H and O–H groups in total. The van der Waals surface area contributed by atoms with E-state index in [2.05, 4.69) is 32.9 Å². The van der Waals surface area contributed by atoms with Crippen LogP contribution >= 0.6 is 22.6 Å². The van der Waals surface area contributed by atoms with E-state index in [9.17, 15) is 15.0 Å². The number of benzene rings is 1.